The Morgan fingerprint density at radius 2 is 2.35 bits per heavy atom. The molecule has 5 heteroatoms. The molecule has 17 heavy (non-hydrogen) atoms. The van der Waals surface area contributed by atoms with Crippen molar-refractivity contribution in [3.63, 3.8) is 0 Å². The third kappa shape index (κ3) is 2.00. The molecule has 0 aromatic carbocycles. The molecule has 2 aromatic rings. The molecule has 0 atom stereocenters. The first-order valence-electron chi connectivity index (χ1n) is 5.80. The standard InChI is InChI=1S/C12H13N3O2/c16-11-9-4-5-13-6-10(9)14-12(15-11)17-7-8-2-1-3-8/h4-6,8H,1-3,7H2,(H,14,15,16). The van der Waals surface area contributed by atoms with Crippen molar-refractivity contribution in [3.05, 3.63) is 28.8 Å². The number of hydrogen-bond donors (Lipinski definition) is 1. The maximum atomic E-state index is 11.7. The lowest BCUT2D eigenvalue weighted by Crippen LogP contribution is -2.21. The summed E-state index contributed by atoms with van der Waals surface area (Å²) in [6.07, 6.45) is 6.84. The highest BCUT2D eigenvalue weighted by atomic mass is 16.5. The molecule has 3 rings (SSSR count). The predicted octanol–water partition coefficient (Wildman–Crippen LogP) is 1.50. The van der Waals surface area contributed by atoms with Gasteiger partial charge >= 0.3 is 0 Å². The number of nitrogens with zero attached hydrogens (tertiary/aromatic N) is 2. The van der Waals surface area contributed by atoms with Crippen molar-refractivity contribution in [3.8, 4) is 6.01 Å². The third-order valence-corrected chi connectivity index (χ3v) is 3.17. The van der Waals surface area contributed by atoms with Gasteiger partial charge in [-0.1, -0.05) is 6.42 Å². The van der Waals surface area contributed by atoms with Crippen LogP contribution in [-0.2, 0) is 0 Å². The maximum absolute atomic E-state index is 11.7. The van der Waals surface area contributed by atoms with Gasteiger partial charge in [-0.05, 0) is 24.8 Å². The Labute approximate surface area is 97.9 Å². The molecule has 1 aliphatic carbocycles. The van der Waals surface area contributed by atoms with Crippen LogP contribution >= 0.6 is 0 Å². The molecule has 0 bridgehead atoms. The minimum atomic E-state index is -0.180. The van der Waals surface area contributed by atoms with E-state index in [9.17, 15) is 4.79 Å². The summed E-state index contributed by atoms with van der Waals surface area (Å²) in [5.41, 5.74) is 0.390. The van der Waals surface area contributed by atoms with Crippen molar-refractivity contribution in [2.75, 3.05) is 6.61 Å². The Morgan fingerprint density at radius 3 is 3.12 bits per heavy atom. The molecule has 1 fully saturated rings. The average Bonchev–Trinajstić information content (AvgIpc) is 2.27. The van der Waals surface area contributed by atoms with E-state index in [1.165, 1.54) is 19.3 Å². The second-order valence-corrected chi connectivity index (χ2v) is 4.37. The molecule has 1 aliphatic rings. The van der Waals surface area contributed by atoms with Crippen LogP contribution < -0.4 is 10.3 Å². The van der Waals surface area contributed by atoms with Crippen LogP contribution in [0.15, 0.2) is 23.3 Å². The van der Waals surface area contributed by atoms with Crippen LogP contribution in [0.2, 0.25) is 0 Å². The summed E-state index contributed by atoms with van der Waals surface area (Å²) in [6, 6.07) is 1.94. The van der Waals surface area contributed by atoms with Gasteiger partial charge in [0.05, 0.1) is 23.7 Å². The highest BCUT2D eigenvalue weighted by Crippen LogP contribution is 2.26. The van der Waals surface area contributed by atoms with Crippen LogP contribution in [0.1, 0.15) is 19.3 Å². The van der Waals surface area contributed by atoms with E-state index in [0.717, 1.165) is 0 Å². The molecule has 2 aromatic heterocycles. The first-order chi connectivity index (χ1) is 8.33. The van der Waals surface area contributed by atoms with Crippen molar-refractivity contribution in [2.24, 2.45) is 5.92 Å². The molecule has 0 radical (unpaired) electrons. The van der Waals surface area contributed by atoms with Crippen molar-refractivity contribution in [1.29, 1.82) is 0 Å². The lowest BCUT2D eigenvalue weighted by atomic mass is 9.86. The molecule has 88 valence electrons. The summed E-state index contributed by atoms with van der Waals surface area (Å²) in [5, 5.41) is 0.538. The lowest BCUT2D eigenvalue weighted by Gasteiger charge is -2.24. The van der Waals surface area contributed by atoms with Crippen LogP contribution in [-0.4, -0.2) is 21.6 Å². The van der Waals surface area contributed by atoms with Crippen LogP contribution in [0, 0.1) is 5.92 Å². The monoisotopic (exact) mass is 231 g/mol. The van der Waals surface area contributed by atoms with E-state index in [1.54, 1.807) is 18.5 Å². The van der Waals surface area contributed by atoms with Gasteiger partial charge in [0.1, 0.15) is 0 Å². The zero-order chi connectivity index (χ0) is 11.7. The Bertz CT molecular complexity index is 590. The van der Waals surface area contributed by atoms with E-state index in [1.807, 2.05) is 0 Å². The van der Waals surface area contributed by atoms with E-state index in [2.05, 4.69) is 15.0 Å². The van der Waals surface area contributed by atoms with E-state index < -0.39 is 0 Å². The minimum Gasteiger partial charge on any atom is -0.464 e. The number of hydrogen-bond acceptors (Lipinski definition) is 4. The molecular weight excluding hydrogens is 218 g/mol. The zero-order valence-electron chi connectivity index (χ0n) is 9.35. The molecule has 2 heterocycles. The van der Waals surface area contributed by atoms with Gasteiger partial charge in [-0.3, -0.25) is 14.8 Å². The number of aromatic nitrogens is 3. The van der Waals surface area contributed by atoms with Gasteiger partial charge in [0, 0.05) is 6.20 Å². The summed E-state index contributed by atoms with van der Waals surface area (Å²) in [6.45, 7) is 0.634. The number of rotatable bonds is 3. The Morgan fingerprint density at radius 1 is 1.47 bits per heavy atom. The average molecular weight is 231 g/mol. The number of aromatic amines is 1. The Balaban J connectivity index is 1.86. The SMILES string of the molecule is O=c1[nH]c(OCC2CCC2)nc2cnccc12. The van der Waals surface area contributed by atoms with Crippen molar-refractivity contribution < 1.29 is 4.74 Å². The third-order valence-electron chi connectivity index (χ3n) is 3.17. The van der Waals surface area contributed by atoms with Crippen LogP contribution in [0.5, 0.6) is 6.01 Å². The molecule has 1 saturated carbocycles. The number of ether oxygens (including phenoxy) is 1. The number of nitrogens with one attached hydrogen (secondary N) is 1. The van der Waals surface area contributed by atoms with Gasteiger partial charge in [-0.15, -0.1) is 0 Å². The van der Waals surface area contributed by atoms with Gasteiger partial charge in [0.25, 0.3) is 11.6 Å². The molecule has 0 aliphatic heterocycles. The minimum absolute atomic E-state index is 0.180. The van der Waals surface area contributed by atoms with Crippen molar-refractivity contribution in [1.82, 2.24) is 15.0 Å². The number of H-pyrrole nitrogens is 1. The fraction of sp³-hybridized carbons (Fsp3) is 0.417. The summed E-state index contributed by atoms with van der Waals surface area (Å²) in [4.78, 5) is 22.5. The fourth-order valence-electron chi connectivity index (χ4n) is 1.89. The molecule has 5 nitrogen and oxygen atoms in total. The van der Waals surface area contributed by atoms with Gasteiger partial charge in [0.2, 0.25) is 0 Å². The normalized spacial score (nSPS) is 15.8. The highest BCUT2D eigenvalue weighted by molar-refractivity contribution is 5.76. The smallest absolute Gasteiger partial charge is 0.297 e. The van der Waals surface area contributed by atoms with E-state index in [-0.39, 0.29) is 5.56 Å². The largest absolute Gasteiger partial charge is 0.464 e. The van der Waals surface area contributed by atoms with Gasteiger partial charge in [-0.2, -0.15) is 4.98 Å². The first-order valence-corrected chi connectivity index (χ1v) is 5.80. The van der Waals surface area contributed by atoms with Crippen molar-refractivity contribution >= 4 is 10.9 Å². The van der Waals surface area contributed by atoms with E-state index in [0.29, 0.717) is 29.4 Å². The van der Waals surface area contributed by atoms with Crippen LogP contribution in [0.3, 0.4) is 0 Å². The summed E-state index contributed by atoms with van der Waals surface area (Å²) >= 11 is 0. The Kier molecular flexibility index (Phi) is 2.51. The maximum Gasteiger partial charge on any atom is 0.297 e. The molecule has 0 spiro atoms. The zero-order valence-corrected chi connectivity index (χ0v) is 9.35. The van der Waals surface area contributed by atoms with Gasteiger partial charge in [0.15, 0.2) is 0 Å². The summed E-state index contributed by atoms with van der Waals surface area (Å²) < 4.78 is 5.50. The molecule has 0 amide bonds. The van der Waals surface area contributed by atoms with Crippen LogP contribution in [0.25, 0.3) is 10.9 Å². The number of fused-ring (bicyclic) bond motifs is 1. The van der Waals surface area contributed by atoms with Crippen molar-refractivity contribution in [2.45, 2.75) is 19.3 Å². The fourth-order valence-corrected chi connectivity index (χ4v) is 1.89. The lowest BCUT2D eigenvalue weighted by molar-refractivity contribution is 0.170. The molecule has 0 unspecified atom stereocenters. The predicted molar refractivity (Wildman–Crippen MR) is 63.0 cm³/mol. The molecule has 0 saturated heterocycles. The molecular formula is C12H13N3O2. The van der Waals surface area contributed by atoms with E-state index in [4.69, 9.17) is 4.74 Å². The quantitative estimate of drug-likeness (QED) is 0.869. The highest BCUT2D eigenvalue weighted by Gasteiger charge is 2.18. The van der Waals surface area contributed by atoms with Crippen LogP contribution in [0.4, 0.5) is 0 Å². The Hall–Kier alpha value is -1.91. The second kappa shape index (κ2) is 4.16. The topological polar surface area (TPSA) is 67.9 Å². The molecule has 1 N–H and O–H groups in total. The van der Waals surface area contributed by atoms with Gasteiger partial charge in [-0.25, -0.2) is 0 Å². The van der Waals surface area contributed by atoms with E-state index >= 15 is 0 Å². The first kappa shape index (κ1) is 10.3. The number of pyridine rings is 1. The summed E-state index contributed by atoms with van der Waals surface area (Å²) in [5.74, 6) is 0.616. The summed E-state index contributed by atoms with van der Waals surface area (Å²) in [7, 11) is 0. The van der Waals surface area contributed by atoms with Gasteiger partial charge < -0.3 is 4.74 Å². The second-order valence-electron chi connectivity index (χ2n) is 4.37.